The van der Waals surface area contributed by atoms with Gasteiger partial charge in [0.05, 0.1) is 10.8 Å². The van der Waals surface area contributed by atoms with Gasteiger partial charge < -0.3 is 10.1 Å². The number of nitrogens with zero attached hydrogens (tertiary/aromatic N) is 3. The van der Waals surface area contributed by atoms with Crippen LogP contribution in [0.2, 0.25) is 0 Å². The standard InChI is InChI=1S/C26H28F4N4O2S/c1-15-11-17(13-18(12-15)33-23-31-10-7-20(34-23)26(28,29)30)19-14-32-22(37-19)25(27)8-5-16(6-9-25)21(35)36-24(2,3)4/h7,10-14,16H,5-6,8-9H2,1-4H3,(H,31,33,34)/t16-,25+. The Morgan fingerprint density at radius 1 is 1.14 bits per heavy atom. The van der Waals surface area contributed by atoms with Crippen molar-refractivity contribution in [1.82, 2.24) is 15.0 Å². The molecule has 37 heavy (non-hydrogen) atoms. The molecule has 0 bridgehead atoms. The molecule has 4 rings (SSSR count). The number of carbonyl (C=O) groups is 1. The minimum atomic E-state index is -4.58. The Bertz CT molecular complexity index is 1280. The van der Waals surface area contributed by atoms with E-state index in [0.717, 1.165) is 28.3 Å². The third kappa shape index (κ3) is 6.63. The van der Waals surface area contributed by atoms with Crippen molar-refractivity contribution in [3.05, 3.63) is 52.9 Å². The number of aromatic nitrogens is 3. The summed E-state index contributed by atoms with van der Waals surface area (Å²) in [5.74, 6) is -0.800. The summed E-state index contributed by atoms with van der Waals surface area (Å²) in [6, 6.07) is 6.18. The van der Waals surface area contributed by atoms with Gasteiger partial charge in [-0.1, -0.05) is 6.07 Å². The summed E-state index contributed by atoms with van der Waals surface area (Å²) in [6.45, 7) is 7.27. The van der Waals surface area contributed by atoms with Gasteiger partial charge in [-0.2, -0.15) is 13.2 Å². The fraction of sp³-hybridized carbons (Fsp3) is 0.462. The van der Waals surface area contributed by atoms with Crippen molar-refractivity contribution < 1.29 is 27.1 Å². The van der Waals surface area contributed by atoms with E-state index in [1.165, 1.54) is 11.3 Å². The van der Waals surface area contributed by atoms with Gasteiger partial charge in [-0.25, -0.2) is 19.3 Å². The number of nitrogens with one attached hydrogen (secondary N) is 1. The molecular formula is C26H28F4N4O2S. The van der Waals surface area contributed by atoms with Gasteiger partial charge in [0.15, 0.2) is 5.67 Å². The molecule has 1 fully saturated rings. The molecule has 2 aromatic heterocycles. The summed E-state index contributed by atoms with van der Waals surface area (Å²) >= 11 is 1.23. The van der Waals surface area contributed by atoms with E-state index in [9.17, 15) is 18.0 Å². The van der Waals surface area contributed by atoms with Crippen LogP contribution < -0.4 is 5.32 Å². The van der Waals surface area contributed by atoms with E-state index < -0.39 is 23.1 Å². The van der Waals surface area contributed by atoms with E-state index in [0.29, 0.717) is 23.5 Å². The van der Waals surface area contributed by atoms with E-state index in [-0.39, 0.29) is 30.7 Å². The van der Waals surface area contributed by atoms with Gasteiger partial charge >= 0.3 is 12.1 Å². The van der Waals surface area contributed by atoms with Crippen molar-refractivity contribution >= 4 is 28.9 Å². The Balaban J connectivity index is 1.49. The summed E-state index contributed by atoms with van der Waals surface area (Å²) in [5, 5.41) is 3.17. The highest BCUT2D eigenvalue weighted by Gasteiger charge is 2.42. The first kappa shape index (κ1) is 27.0. The zero-order valence-electron chi connectivity index (χ0n) is 20.9. The van der Waals surface area contributed by atoms with E-state index in [4.69, 9.17) is 4.74 Å². The molecule has 11 heteroatoms. The topological polar surface area (TPSA) is 77.0 Å². The zero-order valence-corrected chi connectivity index (χ0v) is 21.8. The third-order valence-corrected chi connectivity index (χ3v) is 7.20. The van der Waals surface area contributed by atoms with Gasteiger partial charge in [0.1, 0.15) is 16.3 Å². The molecule has 1 aliphatic carbocycles. The largest absolute Gasteiger partial charge is 0.460 e. The smallest absolute Gasteiger partial charge is 0.433 e. The third-order valence-electron chi connectivity index (χ3n) is 5.97. The van der Waals surface area contributed by atoms with Gasteiger partial charge in [0.2, 0.25) is 5.95 Å². The molecule has 2 heterocycles. The first-order chi connectivity index (χ1) is 17.2. The van der Waals surface area contributed by atoms with E-state index in [2.05, 4.69) is 20.3 Å². The summed E-state index contributed by atoms with van der Waals surface area (Å²) in [6.07, 6.45) is -0.811. The predicted molar refractivity (Wildman–Crippen MR) is 133 cm³/mol. The number of hydrogen-bond acceptors (Lipinski definition) is 7. The van der Waals surface area contributed by atoms with Crippen LogP contribution in [0.25, 0.3) is 10.4 Å². The van der Waals surface area contributed by atoms with Crippen LogP contribution in [0.3, 0.4) is 0 Å². The van der Waals surface area contributed by atoms with Crippen LogP contribution in [-0.2, 0) is 21.4 Å². The molecule has 0 amide bonds. The minimum absolute atomic E-state index is 0.178. The number of hydrogen-bond donors (Lipinski definition) is 1. The lowest BCUT2D eigenvalue weighted by Crippen LogP contribution is -2.34. The molecule has 0 atom stereocenters. The number of aryl methyl sites for hydroxylation is 1. The number of thiazole rings is 1. The second-order valence-corrected chi connectivity index (χ2v) is 11.3. The number of ether oxygens (including phenoxy) is 1. The highest BCUT2D eigenvalue weighted by Crippen LogP contribution is 2.46. The summed E-state index contributed by atoms with van der Waals surface area (Å²) in [4.78, 5) is 24.9. The number of esters is 1. The number of alkyl halides is 4. The number of halogens is 4. The first-order valence-corrected chi connectivity index (χ1v) is 12.7. The van der Waals surface area contributed by atoms with Crippen molar-refractivity contribution in [3.8, 4) is 10.4 Å². The summed E-state index contributed by atoms with van der Waals surface area (Å²) < 4.78 is 60.3. The fourth-order valence-corrected chi connectivity index (χ4v) is 5.27. The maximum atomic E-state index is 15.9. The molecule has 1 N–H and O–H groups in total. The maximum Gasteiger partial charge on any atom is 0.433 e. The molecule has 1 aliphatic rings. The molecule has 0 spiro atoms. The van der Waals surface area contributed by atoms with Crippen LogP contribution in [0.4, 0.5) is 29.2 Å². The minimum Gasteiger partial charge on any atom is -0.460 e. The number of anilines is 2. The van der Waals surface area contributed by atoms with E-state index in [1.807, 2.05) is 33.8 Å². The summed E-state index contributed by atoms with van der Waals surface area (Å²) in [5.41, 5.74) is -1.17. The second-order valence-electron chi connectivity index (χ2n) is 10.3. The van der Waals surface area contributed by atoms with Gasteiger partial charge in [-0.15, -0.1) is 11.3 Å². The molecule has 0 aliphatic heterocycles. The highest BCUT2D eigenvalue weighted by atomic mass is 32.1. The lowest BCUT2D eigenvalue weighted by Gasteiger charge is -2.32. The van der Waals surface area contributed by atoms with Crippen LogP contribution in [0, 0.1) is 12.8 Å². The average Bonchev–Trinajstić information content (AvgIpc) is 3.29. The van der Waals surface area contributed by atoms with Gasteiger partial charge in [0.25, 0.3) is 0 Å². The van der Waals surface area contributed by atoms with Gasteiger partial charge in [-0.05, 0) is 82.7 Å². The highest BCUT2D eigenvalue weighted by molar-refractivity contribution is 7.15. The molecule has 198 valence electrons. The zero-order chi connectivity index (χ0) is 27.0. The maximum absolute atomic E-state index is 15.9. The van der Waals surface area contributed by atoms with Crippen LogP contribution >= 0.6 is 11.3 Å². The molecular weight excluding hydrogens is 508 g/mol. The van der Waals surface area contributed by atoms with Gasteiger partial charge in [-0.3, -0.25) is 4.79 Å². The molecule has 0 unspecified atom stereocenters. The van der Waals surface area contributed by atoms with Crippen molar-refractivity contribution in [2.75, 3.05) is 5.32 Å². The van der Waals surface area contributed by atoms with Crippen LogP contribution in [0.5, 0.6) is 0 Å². The quantitative estimate of drug-likeness (QED) is 0.271. The van der Waals surface area contributed by atoms with Crippen LogP contribution in [0.15, 0.2) is 36.7 Å². The molecule has 0 saturated heterocycles. The van der Waals surface area contributed by atoms with Crippen LogP contribution in [-0.4, -0.2) is 26.5 Å². The summed E-state index contributed by atoms with van der Waals surface area (Å²) in [7, 11) is 0. The van der Waals surface area contributed by atoms with Gasteiger partial charge in [0, 0.05) is 18.1 Å². The van der Waals surface area contributed by atoms with Crippen molar-refractivity contribution in [1.29, 1.82) is 0 Å². The Kier molecular flexibility index (Phi) is 7.29. The van der Waals surface area contributed by atoms with Crippen LogP contribution in [0.1, 0.15) is 62.7 Å². The molecule has 0 radical (unpaired) electrons. The predicted octanol–water partition coefficient (Wildman–Crippen LogP) is 7.37. The van der Waals surface area contributed by atoms with E-state index >= 15 is 4.39 Å². The Labute approximate surface area is 216 Å². The SMILES string of the molecule is Cc1cc(Nc2nccc(C(F)(F)F)n2)cc(-c2cnc([C@]3(F)CC[C@@H](C(=O)OC(C)(C)C)CC3)s2)c1. The Morgan fingerprint density at radius 2 is 1.84 bits per heavy atom. The fourth-order valence-electron chi connectivity index (χ4n) is 4.23. The Hall–Kier alpha value is -3.08. The van der Waals surface area contributed by atoms with Crippen molar-refractivity contribution in [3.63, 3.8) is 0 Å². The molecule has 3 aromatic rings. The van der Waals surface area contributed by atoms with Crippen molar-refractivity contribution in [2.24, 2.45) is 5.92 Å². The molecule has 1 aromatic carbocycles. The monoisotopic (exact) mass is 536 g/mol. The lowest BCUT2D eigenvalue weighted by molar-refractivity contribution is -0.162. The molecule has 6 nitrogen and oxygen atoms in total. The van der Waals surface area contributed by atoms with E-state index in [1.54, 1.807) is 18.3 Å². The lowest BCUT2D eigenvalue weighted by atomic mass is 9.80. The Morgan fingerprint density at radius 3 is 2.49 bits per heavy atom. The second kappa shape index (κ2) is 10.00. The number of rotatable bonds is 5. The number of benzene rings is 1. The normalized spacial score (nSPS) is 20.5. The molecule has 1 saturated carbocycles. The van der Waals surface area contributed by atoms with Crippen molar-refractivity contribution in [2.45, 2.75) is 70.8 Å². The number of carbonyl (C=O) groups excluding carboxylic acids is 1. The first-order valence-electron chi connectivity index (χ1n) is 11.9. The average molecular weight is 537 g/mol.